The largest absolute Gasteiger partial charge is 0.360 e. The summed E-state index contributed by atoms with van der Waals surface area (Å²) in [4.78, 5) is 14.8. The van der Waals surface area contributed by atoms with Gasteiger partial charge >= 0.3 is 0 Å². The van der Waals surface area contributed by atoms with Gasteiger partial charge in [-0.1, -0.05) is 32.9 Å². The summed E-state index contributed by atoms with van der Waals surface area (Å²) in [5, 5.41) is 6.98. The first-order valence-corrected chi connectivity index (χ1v) is 8.40. The SMILES string of the molecule is CCCN(C)C(CC)(CC)CNC(=O)c1noc(CC)c1C. The fourth-order valence-corrected chi connectivity index (χ4v) is 2.99. The molecular weight excluding hydrogens is 278 g/mol. The first kappa shape index (κ1) is 18.7. The van der Waals surface area contributed by atoms with Crippen LogP contribution in [0, 0.1) is 6.92 Å². The number of aromatic nitrogens is 1. The fourth-order valence-electron chi connectivity index (χ4n) is 2.99. The first-order chi connectivity index (χ1) is 10.5. The number of amides is 1. The molecule has 0 aliphatic rings. The maximum absolute atomic E-state index is 12.4. The van der Waals surface area contributed by atoms with Gasteiger partial charge in [0.25, 0.3) is 5.91 Å². The van der Waals surface area contributed by atoms with Crippen molar-refractivity contribution in [2.45, 2.75) is 65.8 Å². The van der Waals surface area contributed by atoms with E-state index in [4.69, 9.17) is 4.52 Å². The third-order valence-corrected chi connectivity index (χ3v) is 4.82. The molecule has 1 aromatic rings. The number of rotatable bonds is 9. The summed E-state index contributed by atoms with van der Waals surface area (Å²) in [5.74, 6) is 0.641. The Kier molecular flexibility index (Phi) is 7.07. The van der Waals surface area contributed by atoms with Gasteiger partial charge in [-0.2, -0.15) is 0 Å². The lowest BCUT2D eigenvalue weighted by molar-refractivity contribution is 0.0818. The molecule has 0 aliphatic heterocycles. The molecule has 0 bridgehead atoms. The van der Waals surface area contributed by atoms with Crippen LogP contribution in [0.2, 0.25) is 0 Å². The van der Waals surface area contributed by atoms with Crippen molar-refractivity contribution in [3.63, 3.8) is 0 Å². The van der Waals surface area contributed by atoms with E-state index in [0.29, 0.717) is 12.2 Å². The molecule has 0 unspecified atom stereocenters. The Morgan fingerprint density at radius 3 is 2.36 bits per heavy atom. The average molecular weight is 309 g/mol. The average Bonchev–Trinajstić information content (AvgIpc) is 2.89. The normalized spacial score (nSPS) is 12.0. The molecule has 1 rings (SSSR count). The number of nitrogens with one attached hydrogen (secondary N) is 1. The molecule has 0 radical (unpaired) electrons. The highest BCUT2D eigenvalue weighted by Crippen LogP contribution is 2.22. The molecular formula is C17H31N3O2. The van der Waals surface area contributed by atoms with Crippen molar-refractivity contribution in [1.29, 1.82) is 0 Å². The lowest BCUT2D eigenvalue weighted by Crippen LogP contribution is -2.53. The highest BCUT2D eigenvalue weighted by atomic mass is 16.5. The molecule has 0 atom stereocenters. The Balaban J connectivity index is 2.80. The van der Waals surface area contributed by atoms with Crippen molar-refractivity contribution in [2.75, 3.05) is 20.1 Å². The van der Waals surface area contributed by atoms with Gasteiger partial charge < -0.3 is 9.84 Å². The quantitative estimate of drug-likeness (QED) is 0.761. The van der Waals surface area contributed by atoms with Gasteiger partial charge in [-0.3, -0.25) is 9.69 Å². The van der Waals surface area contributed by atoms with E-state index in [1.54, 1.807) is 0 Å². The number of hydrogen-bond acceptors (Lipinski definition) is 4. The van der Waals surface area contributed by atoms with Crippen molar-refractivity contribution in [1.82, 2.24) is 15.4 Å². The van der Waals surface area contributed by atoms with E-state index in [2.05, 4.69) is 43.2 Å². The molecule has 1 aromatic heterocycles. The minimum atomic E-state index is -0.142. The van der Waals surface area contributed by atoms with Crippen LogP contribution in [0.15, 0.2) is 4.52 Å². The lowest BCUT2D eigenvalue weighted by atomic mass is 9.90. The van der Waals surface area contributed by atoms with Crippen LogP contribution in [0.25, 0.3) is 0 Å². The second kappa shape index (κ2) is 8.32. The van der Waals surface area contributed by atoms with E-state index >= 15 is 0 Å². The summed E-state index contributed by atoms with van der Waals surface area (Å²) < 4.78 is 5.22. The Morgan fingerprint density at radius 1 is 1.27 bits per heavy atom. The van der Waals surface area contributed by atoms with Gasteiger partial charge in [0.05, 0.1) is 0 Å². The van der Waals surface area contributed by atoms with E-state index in [1.807, 2.05) is 13.8 Å². The second-order valence-electron chi connectivity index (χ2n) is 5.97. The highest BCUT2D eigenvalue weighted by Gasteiger charge is 2.31. The molecule has 1 heterocycles. The van der Waals surface area contributed by atoms with Crippen LogP contribution < -0.4 is 5.32 Å². The monoisotopic (exact) mass is 309 g/mol. The summed E-state index contributed by atoms with van der Waals surface area (Å²) in [6, 6.07) is 0. The number of aryl methyl sites for hydroxylation is 1. The topological polar surface area (TPSA) is 58.4 Å². The summed E-state index contributed by atoms with van der Waals surface area (Å²) in [6.45, 7) is 12.1. The Morgan fingerprint density at radius 2 is 1.91 bits per heavy atom. The first-order valence-electron chi connectivity index (χ1n) is 8.40. The Hall–Kier alpha value is -1.36. The Bertz CT molecular complexity index is 478. The minimum Gasteiger partial charge on any atom is -0.360 e. The molecule has 126 valence electrons. The predicted molar refractivity (Wildman–Crippen MR) is 89.2 cm³/mol. The lowest BCUT2D eigenvalue weighted by Gasteiger charge is -2.41. The van der Waals surface area contributed by atoms with Crippen molar-refractivity contribution in [3.05, 3.63) is 17.0 Å². The van der Waals surface area contributed by atoms with Crippen LogP contribution in [-0.2, 0) is 6.42 Å². The smallest absolute Gasteiger partial charge is 0.273 e. The van der Waals surface area contributed by atoms with E-state index in [1.165, 1.54) is 0 Å². The van der Waals surface area contributed by atoms with Crippen molar-refractivity contribution in [3.8, 4) is 0 Å². The van der Waals surface area contributed by atoms with Crippen LogP contribution in [0.4, 0.5) is 0 Å². The standard InChI is InChI=1S/C17H31N3O2/c1-7-11-20(6)17(9-3,10-4)12-18-16(21)15-13(5)14(8-2)22-19-15/h7-12H2,1-6H3,(H,18,21). The van der Waals surface area contributed by atoms with E-state index < -0.39 is 0 Å². The zero-order valence-electron chi connectivity index (χ0n) is 15.0. The van der Waals surface area contributed by atoms with Gasteiger partial charge in [0.1, 0.15) is 5.76 Å². The molecule has 0 saturated carbocycles. The molecule has 1 N–H and O–H groups in total. The van der Waals surface area contributed by atoms with Crippen LogP contribution in [0.3, 0.4) is 0 Å². The molecule has 0 aromatic carbocycles. The molecule has 0 saturated heterocycles. The number of likely N-dealkylation sites (N-methyl/N-ethyl adjacent to an activating group) is 1. The summed E-state index contributed by atoms with van der Waals surface area (Å²) in [5.41, 5.74) is 1.26. The van der Waals surface area contributed by atoms with Gasteiger partial charge in [-0.25, -0.2) is 0 Å². The fraction of sp³-hybridized carbons (Fsp3) is 0.765. The van der Waals surface area contributed by atoms with Gasteiger partial charge in [-0.05, 0) is 39.8 Å². The summed E-state index contributed by atoms with van der Waals surface area (Å²) in [7, 11) is 2.14. The van der Waals surface area contributed by atoms with Gasteiger partial charge in [0, 0.05) is 24.1 Å². The minimum absolute atomic E-state index is 0.00308. The molecule has 1 amide bonds. The van der Waals surface area contributed by atoms with Crippen molar-refractivity contribution < 1.29 is 9.32 Å². The molecule has 0 fully saturated rings. The third-order valence-electron chi connectivity index (χ3n) is 4.82. The maximum Gasteiger partial charge on any atom is 0.273 e. The molecule has 0 spiro atoms. The number of carbonyl (C=O) groups is 1. The summed E-state index contributed by atoms with van der Waals surface area (Å²) >= 11 is 0. The van der Waals surface area contributed by atoms with Crippen molar-refractivity contribution in [2.24, 2.45) is 0 Å². The number of carbonyl (C=O) groups excluding carboxylic acids is 1. The zero-order valence-corrected chi connectivity index (χ0v) is 15.0. The van der Waals surface area contributed by atoms with E-state index in [0.717, 1.165) is 43.6 Å². The zero-order chi connectivity index (χ0) is 16.8. The van der Waals surface area contributed by atoms with Gasteiger partial charge in [-0.15, -0.1) is 0 Å². The van der Waals surface area contributed by atoms with Crippen LogP contribution in [-0.4, -0.2) is 41.6 Å². The van der Waals surface area contributed by atoms with Crippen LogP contribution in [0.5, 0.6) is 0 Å². The van der Waals surface area contributed by atoms with Crippen molar-refractivity contribution >= 4 is 5.91 Å². The van der Waals surface area contributed by atoms with Gasteiger partial charge in [0.15, 0.2) is 5.69 Å². The third kappa shape index (κ3) is 3.88. The molecule has 22 heavy (non-hydrogen) atoms. The molecule has 5 heteroatoms. The van der Waals surface area contributed by atoms with Gasteiger partial charge in [0.2, 0.25) is 0 Å². The number of hydrogen-bond donors (Lipinski definition) is 1. The number of nitrogens with zero attached hydrogens (tertiary/aromatic N) is 2. The van der Waals surface area contributed by atoms with E-state index in [-0.39, 0.29) is 11.4 Å². The maximum atomic E-state index is 12.4. The van der Waals surface area contributed by atoms with Crippen LogP contribution in [0.1, 0.15) is 68.8 Å². The second-order valence-corrected chi connectivity index (χ2v) is 5.97. The predicted octanol–water partition coefficient (Wildman–Crippen LogP) is 3.18. The summed E-state index contributed by atoms with van der Waals surface area (Å²) in [6.07, 6.45) is 3.85. The van der Waals surface area contributed by atoms with Crippen LogP contribution >= 0.6 is 0 Å². The Labute approximate surface area is 134 Å². The molecule has 5 nitrogen and oxygen atoms in total. The van der Waals surface area contributed by atoms with E-state index in [9.17, 15) is 4.79 Å². The molecule has 0 aliphatic carbocycles. The highest BCUT2D eigenvalue weighted by molar-refractivity contribution is 5.93.